The Morgan fingerprint density at radius 3 is 2.29 bits per heavy atom. The summed E-state index contributed by atoms with van der Waals surface area (Å²) in [5, 5.41) is 11.1. The minimum absolute atomic E-state index is 0.0616. The molecule has 0 unspecified atom stereocenters. The maximum Gasteiger partial charge on any atom is 0.295 e. The molecular weight excluding hydrogens is 460 g/mol. The number of aliphatic hydroxyl groups is 1. The number of carbonyl (C=O) groups excluding carboxylic acids is 2. The van der Waals surface area contributed by atoms with Crippen molar-refractivity contribution in [1.29, 1.82) is 0 Å². The number of amides is 1. The molecule has 1 aliphatic rings. The number of aromatic nitrogens is 1. The summed E-state index contributed by atoms with van der Waals surface area (Å²) in [4.78, 5) is 31.5. The lowest BCUT2D eigenvalue weighted by Gasteiger charge is -2.25. The van der Waals surface area contributed by atoms with E-state index in [1.165, 1.54) is 4.90 Å². The zero-order chi connectivity index (χ0) is 22.0. The number of likely N-dealkylation sites (tertiary alicyclic amines) is 1. The van der Waals surface area contributed by atoms with Crippen LogP contribution in [-0.2, 0) is 16.1 Å². The molecule has 1 saturated heterocycles. The van der Waals surface area contributed by atoms with E-state index in [-0.39, 0.29) is 17.9 Å². The molecule has 1 aliphatic heterocycles. The van der Waals surface area contributed by atoms with Gasteiger partial charge in [-0.25, -0.2) is 0 Å². The molecule has 1 amide bonds. The fourth-order valence-electron chi connectivity index (χ4n) is 3.62. The number of benzene rings is 2. The summed E-state index contributed by atoms with van der Waals surface area (Å²) in [6.07, 6.45) is 3.27. The van der Waals surface area contributed by atoms with Crippen LogP contribution in [0.5, 0.6) is 5.75 Å². The van der Waals surface area contributed by atoms with E-state index >= 15 is 0 Å². The van der Waals surface area contributed by atoms with Crippen molar-refractivity contribution in [2.45, 2.75) is 12.6 Å². The summed E-state index contributed by atoms with van der Waals surface area (Å²) in [6.45, 7) is 0.215. The van der Waals surface area contributed by atoms with Crippen molar-refractivity contribution in [3.05, 3.63) is 99.8 Å². The van der Waals surface area contributed by atoms with E-state index in [1.54, 1.807) is 55.9 Å². The van der Waals surface area contributed by atoms with Crippen molar-refractivity contribution in [1.82, 2.24) is 9.88 Å². The summed E-state index contributed by atoms with van der Waals surface area (Å²) in [6, 6.07) is 16.9. The van der Waals surface area contributed by atoms with Crippen LogP contribution < -0.4 is 4.74 Å². The highest BCUT2D eigenvalue weighted by molar-refractivity contribution is 9.10. The van der Waals surface area contributed by atoms with Gasteiger partial charge in [0.25, 0.3) is 11.7 Å². The molecular formula is C24H19BrN2O4. The fraction of sp³-hybridized carbons (Fsp3) is 0.125. The molecule has 1 fully saturated rings. The van der Waals surface area contributed by atoms with Crippen molar-refractivity contribution in [2.75, 3.05) is 7.11 Å². The van der Waals surface area contributed by atoms with Gasteiger partial charge in [-0.1, -0.05) is 28.1 Å². The summed E-state index contributed by atoms with van der Waals surface area (Å²) in [5.74, 6) is -0.958. The van der Waals surface area contributed by atoms with Gasteiger partial charge in [0.05, 0.1) is 18.7 Å². The number of ether oxygens (including phenoxy) is 1. The van der Waals surface area contributed by atoms with Gasteiger partial charge >= 0.3 is 0 Å². The average Bonchev–Trinajstić information content (AvgIpc) is 3.05. The Kier molecular flexibility index (Phi) is 5.86. The van der Waals surface area contributed by atoms with E-state index in [0.717, 1.165) is 15.6 Å². The number of methoxy groups -OCH3 is 1. The maximum absolute atomic E-state index is 13.0. The monoisotopic (exact) mass is 478 g/mol. The number of hydrogen-bond donors (Lipinski definition) is 1. The Bertz CT molecular complexity index is 1140. The number of halogens is 1. The van der Waals surface area contributed by atoms with Gasteiger partial charge in [0.15, 0.2) is 0 Å². The van der Waals surface area contributed by atoms with E-state index < -0.39 is 17.7 Å². The Hall–Kier alpha value is -3.45. The molecule has 2 aromatic carbocycles. The topological polar surface area (TPSA) is 79.7 Å². The zero-order valence-corrected chi connectivity index (χ0v) is 18.2. The van der Waals surface area contributed by atoms with Gasteiger partial charge in [0.2, 0.25) is 0 Å². The quantitative estimate of drug-likeness (QED) is 0.332. The van der Waals surface area contributed by atoms with E-state index in [9.17, 15) is 14.7 Å². The van der Waals surface area contributed by atoms with Crippen LogP contribution in [0.25, 0.3) is 5.76 Å². The first-order chi connectivity index (χ1) is 15.0. The third kappa shape index (κ3) is 4.09. The highest BCUT2D eigenvalue weighted by Crippen LogP contribution is 2.40. The van der Waals surface area contributed by atoms with Crippen LogP contribution in [0.2, 0.25) is 0 Å². The fourth-order valence-corrected chi connectivity index (χ4v) is 3.89. The second-order valence-corrected chi connectivity index (χ2v) is 7.98. The SMILES string of the molecule is COc1ccc(C(O)=C2C(=O)C(=O)N(Cc3ccncc3)[C@@H]2c2ccc(Br)cc2)cc1. The standard InChI is InChI=1S/C24H19BrN2O4/c1-31-19-8-4-17(5-9-19)22(28)20-21(16-2-6-18(25)7-3-16)27(24(30)23(20)29)14-15-10-12-26-13-11-15/h2-13,21,28H,14H2,1H3/t21-/m1/s1. The molecule has 0 spiro atoms. The molecule has 6 nitrogen and oxygen atoms in total. The van der Waals surface area contributed by atoms with Gasteiger partial charge in [0.1, 0.15) is 11.5 Å². The molecule has 2 heterocycles. The zero-order valence-electron chi connectivity index (χ0n) is 16.7. The van der Waals surface area contributed by atoms with E-state index in [0.29, 0.717) is 11.3 Å². The normalized spacial score (nSPS) is 17.7. The summed E-state index contributed by atoms with van der Waals surface area (Å²) < 4.78 is 6.03. The number of aliphatic hydroxyl groups excluding tert-OH is 1. The molecule has 4 rings (SSSR count). The van der Waals surface area contributed by atoms with Crippen LogP contribution >= 0.6 is 15.9 Å². The van der Waals surface area contributed by atoms with Crippen molar-refractivity contribution in [2.24, 2.45) is 0 Å². The first kappa shape index (κ1) is 20.8. The Morgan fingerprint density at radius 1 is 1.03 bits per heavy atom. The summed E-state index contributed by atoms with van der Waals surface area (Å²) in [5.41, 5.74) is 2.06. The van der Waals surface area contributed by atoms with Crippen LogP contribution in [0.4, 0.5) is 0 Å². The molecule has 0 bridgehead atoms. The molecule has 0 saturated carbocycles. The third-order valence-electron chi connectivity index (χ3n) is 5.19. The van der Waals surface area contributed by atoms with Gasteiger partial charge in [-0.15, -0.1) is 0 Å². The predicted octanol–water partition coefficient (Wildman–Crippen LogP) is 4.47. The predicted molar refractivity (Wildman–Crippen MR) is 119 cm³/mol. The van der Waals surface area contributed by atoms with E-state index in [2.05, 4.69) is 20.9 Å². The summed E-state index contributed by atoms with van der Waals surface area (Å²) in [7, 11) is 1.55. The molecule has 0 aliphatic carbocycles. The number of hydrogen-bond acceptors (Lipinski definition) is 5. The van der Waals surface area contributed by atoms with Gasteiger partial charge in [-0.05, 0) is 59.7 Å². The van der Waals surface area contributed by atoms with E-state index in [4.69, 9.17) is 4.74 Å². The first-order valence-corrected chi connectivity index (χ1v) is 10.4. The van der Waals surface area contributed by atoms with Crippen molar-refractivity contribution in [3.8, 4) is 5.75 Å². The lowest BCUT2D eigenvalue weighted by Crippen LogP contribution is -2.29. The largest absolute Gasteiger partial charge is 0.507 e. The highest BCUT2D eigenvalue weighted by Gasteiger charge is 2.46. The second-order valence-electron chi connectivity index (χ2n) is 7.06. The maximum atomic E-state index is 13.0. The number of Topliss-reactive ketones (excluding diaryl/α,β-unsaturated/α-hetero) is 1. The molecule has 1 aromatic heterocycles. The third-order valence-corrected chi connectivity index (χ3v) is 5.72. The Labute approximate surface area is 187 Å². The van der Waals surface area contributed by atoms with Crippen molar-refractivity contribution in [3.63, 3.8) is 0 Å². The molecule has 7 heteroatoms. The van der Waals surface area contributed by atoms with Gasteiger partial charge < -0.3 is 14.7 Å². The number of pyridine rings is 1. The first-order valence-electron chi connectivity index (χ1n) is 9.57. The van der Waals surface area contributed by atoms with Gasteiger partial charge in [-0.2, -0.15) is 0 Å². The van der Waals surface area contributed by atoms with E-state index in [1.807, 2.05) is 24.3 Å². The molecule has 1 atom stereocenters. The Morgan fingerprint density at radius 2 is 1.68 bits per heavy atom. The van der Waals surface area contributed by atoms with Crippen LogP contribution in [0.15, 0.2) is 83.1 Å². The molecule has 31 heavy (non-hydrogen) atoms. The second kappa shape index (κ2) is 8.73. The lowest BCUT2D eigenvalue weighted by atomic mass is 9.95. The van der Waals surface area contributed by atoms with Crippen molar-refractivity contribution >= 4 is 33.4 Å². The summed E-state index contributed by atoms with van der Waals surface area (Å²) >= 11 is 3.41. The number of rotatable bonds is 5. The minimum atomic E-state index is -0.719. The van der Waals surface area contributed by atoms with Crippen LogP contribution in [-0.4, -0.2) is 33.8 Å². The lowest BCUT2D eigenvalue weighted by molar-refractivity contribution is -0.140. The molecule has 3 aromatic rings. The van der Waals surface area contributed by atoms with Crippen molar-refractivity contribution < 1.29 is 19.4 Å². The average molecular weight is 479 g/mol. The number of nitrogens with zero attached hydrogens (tertiary/aromatic N) is 2. The van der Waals surface area contributed by atoms with Gasteiger partial charge in [-0.3, -0.25) is 14.6 Å². The molecule has 1 N–H and O–H groups in total. The molecule has 156 valence electrons. The van der Waals surface area contributed by atoms with Crippen LogP contribution in [0.1, 0.15) is 22.7 Å². The number of ketones is 1. The van der Waals surface area contributed by atoms with Crippen LogP contribution in [0.3, 0.4) is 0 Å². The van der Waals surface area contributed by atoms with Crippen LogP contribution in [0, 0.1) is 0 Å². The number of carbonyl (C=O) groups is 2. The van der Waals surface area contributed by atoms with Gasteiger partial charge in [0, 0.05) is 29.0 Å². The smallest absolute Gasteiger partial charge is 0.295 e. The highest BCUT2D eigenvalue weighted by atomic mass is 79.9. The Balaban J connectivity index is 1.84. The minimum Gasteiger partial charge on any atom is -0.507 e. The molecule has 0 radical (unpaired) electrons.